The van der Waals surface area contributed by atoms with E-state index in [-0.39, 0.29) is 36.8 Å². The van der Waals surface area contributed by atoms with E-state index in [1.54, 1.807) is 9.58 Å². The predicted molar refractivity (Wildman–Crippen MR) is 93.9 cm³/mol. The summed E-state index contributed by atoms with van der Waals surface area (Å²) in [6, 6.07) is 1.87. The van der Waals surface area contributed by atoms with Gasteiger partial charge in [-0.3, -0.25) is 25.1 Å². The molecule has 1 aromatic rings. The first-order valence-electron chi connectivity index (χ1n) is 8.60. The lowest BCUT2D eigenvalue weighted by molar-refractivity contribution is -0.130. The molecule has 0 aliphatic carbocycles. The number of carbonyl (C=O) groups excluding carboxylic acids is 3. The Bertz CT molecular complexity index is 686. The van der Waals surface area contributed by atoms with Crippen LogP contribution >= 0.6 is 0 Å². The maximum atomic E-state index is 11.9. The Kier molecular flexibility index (Phi) is 5.89. The van der Waals surface area contributed by atoms with E-state index in [1.165, 1.54) is 0 Å². The monoisotopic (exact) mass is 365 g/mol. The van der Waals surface area contributed by atoms with Crippen molar-refractivity contribution >= 4 is 17.9 Å². The summed E-state index contributed by atoms with van der Waals surface area (Å²) < 4.78 is 6.83. The number of nitrogens with zero attached hydrogens (tertiary/aromatic N) is 3. The van der Waals surface area contributed by atoms with Crippen molar-refractivity contribution in [1.29, 1.82) is 0 Å². The second-order valence-electron chi connectivity index (χ2n) is 7.64. The van der Waals surface area contributed by atoms with E-state index in [1.807, 2.05) is 40.7 Å². The minimum absolute atomic E-state index is 0.0375. The number of rotatable bonds is 4. The van der Waals surface area contributed by atoms with Gasteiger partial charge in [0, 0.05) is 31.1 Å². The smallest absolute Gasteiger partial charge is 0.410 e. The SMILES string of the molecule is Cc1cc(C)n(CC(=O)NNC(=O)CC2CN(C(=O)OC(C)(C)C)C2)n1. The van der Waals surface area contributed by atoms with E-state index < -0.39 is 5.60 Å². The Labute approximate surface area is 153 Å². The molecule has 1 saturated heterocycles. The van der Waals surface area contributed by atoms with Crippen LogP contribution in [0.15, 0.2) is 6.07 Å². The molecular weight excluding hydrogens is 338 g/mol. The topological polar surface area (TPSA) is 106 Å². The average Bonchev–Trinajstić information content (AvgIpc) is 2.76. The standard InChI is InChI=1S/C17H27N5O4/c1-11-6-12(2)22(20-11)10-15(24)19-18-14(23)7-13-8-21(9-13)16(25)26-17(3,4)5/h6,13H,7-10H2,1-5H3,(H,18,23)(H,19,24). The highest BCUT2D eigenvalue weighted by Crippen LogP contribution is 2.21. The van der Waals surface area contributed by atoms with Crippen molar-refractivity contribution in [3.63, 3.8) is 0 Å². The third-order valence-corrected chi connectivity index (χ3v) is 3.82. The fraction of sp³-hybridized carbons (Fsp3) is 0.647. The Morgan fingerprint density at radius 3 is 2.35 bits per heavy atom. The molecule has 2 rings (SSSR count). The van der Waals surface area contributed by atoms with Crippen molar-refractivity contribution < 1.29 is 19.1 Å². The van der Waals surface area contributed by atoms with E-state index in [0.29, 0.717) is 13.1 Å². The van der Waals surface area contributed by atoms with Gasteiger partial charge in [0.1, 0.15) is 12.1 Å². The number of ether oxygens (including phenoxy) is 1. The lowest BCUT2D eigenvalue weighted by Gasteiger charge is -2.39. The van der Waals surface area contributed by atoms with E-state index in [0.717, 1.165) is 11.4 Å². The molecule has 0 saturated carbocycles. The molecule has 3 amide bonds. The van der Waals surface area contributed by atoms with Crippen molar-refractivity contribution in [3.8, 4) is 0 Å². The van der Waals surface area contributed by atoms with Crippen LogP contribution in [-0.2, 0) is 20.9 Å². The Morgan fingerprint density at radius 2 is 1.81 bits per heavy atom. The van der Waals surface area contributed by atoms with E-state index >= 15 is 0 Å². The van der Waals surface area contributed by atoms with Gasteiger partial charge >= 0.3 is 6.09 Å². The molecule has 0 bridgehead atoms. The lowest BCUT2D eigenvalue weighted by Crippen LogP contribution is -2.53. The van der Waals surface area contributed by atoms with Crippen molar-refractivity contribution in [2.24, 2.45) is 5.92 Å². The Balaban J connectivity index is 1.65. The van der Waals surface area contributed by atoms with Gasteiger partial charge in [0.15, 0.2) is 0 Å². The number of aromatic nitrogens is 2. The minimum Gasteiger partial charge on any atom is -0.444 e. The van der Waals surface area contributed by atoms with Gasteiger partial charge in [-0.15, -0.1) is 0 Å². The number of likely N-dealkylation sites (tertiary alicyclic amines) is 1. The first-order chi connectivity index (χ1) is 12.0. The Hall–Kier alpha value is -2.58. The van der Waals surface area contributed by atoms with Crippen LogP contribution in [0.2, 0.25) is 0 Å². The van der Waals surface area contributed by atoms with Crippen LogP contribution in [0.1, 0.15) is 38.6 Å². The molecule has 0 unspecified atom stereocenters. The zero-order valence-electron chi connectivity index (χ0n) is 16.0. The molecular formula is C17H27N5O4. The number of hydrogen-bond acceptors (Lipinski definition) is 5. The third-order valence-electron chi connectivity index (χ3n) is 3.82. The molecule has 9 heteroatoms. The van der Waals surface area contributed by atoms with E-state index in [4.69, 9.17) is 4.74 Å². The molecule has 1 aliphatic heterocycles. The third kappa shape index (κ3) is 5.75. The van der Waals surface area contributed by atoms with Gasteiger partial charge < -0.3 is 9.64 Å². The number of hydrogen-bond donors (Lipinski definition) is 2. The van der Waals surface area contributed by atoms with Crippen molar-refractivity contribution in [2.75, 3.05) is 13.1 Å². The number of hydrazine groups is 1. The first-order valence-corrected chi connectivity index (χ1v) is 8.60. The summed E-state index contributed by atoms with van der Waals surface area (Å²) in [5.74, 6) is -0.579. The lowest BCUT2D eigenvalue weighted by atomic mass is 9.97. The predicted octanol–water partition coefficient (Wildman–Crippen LogP) is 0.904. The zero-order valence-corrected chi connectivity index (χ0v) is 16.0. The summed E-state index contributed by atoms with van der Waals surface area (Å²) in [4.78, 5) is 37.2. The summed E-state index contributed by atoms with van der Waals surface area (Å²) in [5.41, 5.74) is 5.95. The molecule has 1 aromatic heterocycles. The molecule has 0 spiro atoms. The van der Waals surface area contributed by atoms with Gasteiger partial charge in [-0.1, -0.05) is 0 Å². The molecule has 2 N–H and O–H groups in total. The van der Waals surface area contributed by atoms with Crippen molar-refractivity contribution in [1.82, 2.24) is 25.5 Å². The average molecular weight is 365 g/mol. The summed E-state index contributed by atoms with van der Waals surface area (Å²) in [6.45, 7) is 10.1. The summed E-state index contributed by atoms with van der Waals surface area (Å²) in [5, 5.41) is 4.19. The van der Waals surface area contributed by atoms with Gasteiger partial charge in [-0.05, 0) is 40.7 Å². The van der Waals surface area contributed by atoms with Crippen molar-refractivity contribution in [2.45, 2.75) is 53.2 Å². The summed E-state index contributed by atoms with van der Waals surface area (Å²) >= 11 is 0. The van der Waals surface area contributed by atoms with Crippen LogP contribution in [0.5, 0.6) is 0 Å². The molecule has 1 fully saturated rings. The molecule has 0 atom stereocenters. The quantitative estimate of drug-likeness (QED) is 0.772. The number of amides is 3. The number of nitrogens with one attached hydrogen (secondary N) is 2. The van der Waals surface area contributed by atoms with E-state index in [9.17, 15) is 14.4 Å². The largest absolute Gasteiger partial charge is 0.444 e. The van der Waals surface area contributed by atoms with Gasteiger partial charge in [0.2, 0.25) is 5.91 Å². The molecule has 1 aliphatic rings. The molecule has 0 radical (unpaired) electrons. The molecule has 26 heavy (non-hydrogen) atoms. The minimum atomic E-state index is -0.532. The van der Waals surface area contributed by atoms with Gasteiger partial charge in [-0.25, -0.2) is 4.79 Å². The van der Waals surface area contributed by atoms with Crippen LogP contribution in [0.4, 0.5) is 4.79 Å². The second kappa shape index (κ2) is 7.76. The highest BCUT2D eigenvalue weighted by Gasteiger charge is 2.34. The molecule has 2 heterocycles. The molecule has 0 aromatic carbocycles. The van der Waals surface area contributed by atoms with Crippen LogP contribution < -0.4 is 10.9 Å². The molecule has 144 valence electrons. The summed E-state index contributed by atoms with van der Waals surface area (Å²) in [6.07, 6.45) is -0.133. The second-order valence-corrected chi connectivity index (χ2v) is 7.64. The van der Waals surface area contributed by atoms with Crippen LogP contribution in [0.25, 0.3) is 0 Å². The molecule has 9 nitrogen and oxygen atoms in total. The van der Waals surface area contributed by atoms with Gasteiger partial charge in [-0.2, -0.15) is 5.10 Å². The maximum Gasteiger partial charge on any atom is 0.410 e. The first kappa shape index (κ1) is 19.7. The maximum absolute atomic E-state index is 11.9. The van der Waals surface area contributed by atoms with Crippen LogP contribution in [0.3, 0.4) is 0 Å². The van der Waals surface area contributed by atoms with Gasteiger partial charge in [0.05, 0.1) is 5.69 Å². The van der Waals surface area contributed by atoms with Crippen molar-refractivity contribution in [3.05, 3.63) is 17.5 Å². The fourth-order valence-electron chi connectivity index (χ4n) is 2.64. The highest BCUT2D eigenvalue weighted by molar-refractivity contribution is 5.82. The number of carbonyl (C=O) groups is 3. The van der Waals surface area contributed by atoms with Crippen LogP contribution in [-0.4, -0.2) is 51.3 Å². The normalized spacial score (nSPS) is 14.6. The van der Waals surface area contributed by atoms with E-state index in [2.05, 4.69) is 16.0 Å². The highest BCUT2D eigenvalue weighted by atomic mass is 16.6. The Morgan fingerprint density at radius 1 is 1.19 bits per heavy atom. The fourth-order valence-corrected chi connectivity index (χ4v) is 2.64. The van der Waals surface area contributed by atoms with Gasteiger partial charge in [0.25, 0.3) is 5.91 Å². The summed E-state index contributed by atoms with van der Waals surface area (Å²) in [7, 11) is 0. The number of aryl methyl sites for hydroxylation is 2. The van der Waals surface area contributed by atoms with Crippen LogP contribution in [0, 0.1) is 19.8 Å². The zero-order chi connectivity index (χ0) is 19.5.